The van der Waals surface area contributed by atoms with Gasteiger partial charge in [-0.05, 0) is 12.0 Å². The molecule has 66 valence electrons. The van der Waals surface area contributed by atoms with Crippen LogP contribution in [0.1, 0.15) is 6.42 Å². The van der Waals surface area contributed by atoms with Crippen LogP contribution in [0.4, 0.5) is 0 Å². The number of carbonyl (C=O) groups excluding carboxylic acids is 1. The molecule has 0 saturated carbocycles. The van der Waals surface area contributed by atoms with Crippen LogP contribution in [0.3, 0.4) is 0 Å². The number of hydrogen-bond donors (Lipinski definition) is 1. The normalized spacial score (nSPS) is 11.6. The van der Waals surface area contributed by atoms with Crippen molar-refractivity contribution in [1.29, 1.82) is 0 Å². The molecule has 0 radical (unpaired) electrons. The van der Waals surface area contributed by atoms with E-state index in [0.717, 1.165) is 12.2 Å². The molecule has 0 rings (SSSR count). The zero-order valence-electron chi connectivity index (χ0n) is 8.26. The number of hydrogen-bond acceptors (Lipinski definition) is 2. The van der Waals surface area contributed by atoms with Gasteiger partial charge in [0.05, 0.1) is 0 Å². The number of nitrogens with zero attached hydrogens (tertiary/aromatic N) is 1. The molecule has 0 saturated heterocycles. The molecule has 0 fully saturated rings. The number of amides is 1. The second-order valence-electron chi connectivity index (χ2n) is 2.17. The molecule has 0 aromatic heterocycles. The van der Waals surface area contributed by atoms with Crippen molar-refractivity contribution in [3.63, 3.8) is 0 Å². The first-order valence-electron chi connectivity index (χ1n) is 3.55. The number of likely N-dealkylation sites (N-methyl/N-ethyl adjacent to an activating group) is 2. The summed E-state index contributed by atoms with van der Waals surface area (Å²) in [5.74, 6) is 0.997. The first kappa shape index (κ1) is 16.0. The van der Waals surface area contributed by atoms with Crippen molar-refractivity contribution in [1.82, 2.24) is 5.32 Å². The van der Waals surface area contributed by atoms with E-state index in [9.17, 15) is 4.79 Å². The maximum absolute atomic E-state index is 11.0. The first-order valence-corrected chi connectivity index (χ1v) is 4.95. The van der Waals surface area contributed by atoms with Crippen molar-refractivity contribution >= 4 is 17.7 Å². The molecule has 12 heavy (non-hydrogen) atoms. The number of thioether (sulfide) groups is 1. The third-order valence-corrected chi connectivity index (χ3v) is 2.10. The summed E-state index contributed by atoms with van der Waals surface area (Å²) in [6.07, 6.45) is 2.86. The Labute approximate surface area is 128 Å². The molecule has 0 heterocycles. The van der Waals surface area contributed by atoms with Crippen LogP contribution in [-0.4, -0.2) is 38.1 Å². The molecule has 1 unspecified atom stereocenters. The van der Waals surface area contributed by atoms with E-state index in [-0.39, 0.29) is 70.1 Å². The Bertz CT molecular complexity index is 124. The van der Waals surface area contributed by atoms with E-state index in [4.69, 9.17) is 0 Å². The Balaban J connectivity index is 0. The van der Waals surface area contributed by atoms with Gasteiger partial charge in [-0.15, -0.1) is 0 Å². The van der Waals surface area contributed by atoms with Crippen molar-refractivity contribution in [3.8, 4) is 0 Å². The molecule has 3 nitrogen and oxygen atoms in total. The van der Waals surface area contributed by atoms with E-state index in [1.165, 1.54) is 0 Å². The molecule has 0 aromatic carbocycles. The molecular weight excluding hydrogens is 246 g/mol. The van der Waals surface area contributed by atoms with Gasteiger partial charge in [-0.1, -0.05) is 12.5 Å². The van der Waals surface area contributed by atoms with Crippen LogP contribution < -0.4 is 63.5 Å². The smallest absolute Gasteiger partial charge is 0.654 e. The van der Waals surface area contributed by atoms with Crippen LogP contribution >= 0.6 is 11.8 Å². The van der Waals surface area contributed by atoms with Gasteiger partial charge in [0.2, 0.25) is 5.91 Å². The SMILES string of the molecule is C[N-]C(CCSC)C(=O)NC.[Rb+]. The molecular formula is C7H15N2ORbS. The van der Waals surface area contributed by atoms with Crippen molar-refractivity contribution < 1.29 is 63.0 Å². The Morgan fingerprint density at radius 2 is 2.25 bits per heavy atom. The summed E-state index contributed by atoms with van der Waals surface area (Å²) in [5, 5.41) is 6.55. The van der Waals surface area contributed by atoms with Crippen LogP contribution in [0.15, 0.2) is 0 Å². The fourth-order valence-corrected chi connectivity index (χ4v) is 1.23. The summed E-state index contributed by atoms with van der Waals surface area (Å²) >= 11 is 1.73. The zero-order valence-corrected chi connectivity index (χ0v) is 14.0. The molecule has 0 aromatic rings. The maximum atomic E-state index is 11.0. The average molecular weight is 261 g/mol. The van der Waals surface area contributed by atoms with Gasteiger partial charge < -0.3 is 10.6 Å². The van der Waals surface area contributed by atoms with E-state index in [1.54, 1.807) is 25.9 Å². The summed E-state index contributed by atoms with van der Waals surface area (Å²) in [6.45, 7) is 0. The van der Waals surface area contributed by atoms with Gasteiger partial charge in [-0.3, -0.25) is 4.79 Å². The van der Waals surface area contributed by atoms with E-state index in [1.807, 2.05) is 6.26 Å². The maximum Gasteiger partial charge on any atom is 1.00 e. The number of rotatable bonds is 5. The van der Waals surface area contributed by atoms with Crippen LogP contribution in [0.2, 0.25) is 0 Å². The van der Waals surface area contributed by atoms with Crippen molar-refractivity contribution in [2.45, 2.75) is 12.5 Å². The molecule has 1 N–H and O–H groups in total. The summed E-state index contributed by atoms with van der Waals surface area (Å²) < 4.78 is 0. The summed E-state index contributed by atoms with van der Waals surface area (Å²) in [7, 11) is 3.32. The first-order chi connectivity index (χ1) is 5.26. The van der Waals surface area contributed by atoms with Crippen LogP contribution in [0.25, 0.3) is 5.32 Å². The van der Waals surface area contributed by atoms with E-state index in [2.05, 4.69) is 10.6 Å². The van der Waals surface area contributed by atoms with Gasteiger partial charge in [0, 0.05) is 7.05 Å². The van der Waals surface area contributed by atoms with E-state index in [0.29, 0.717) is 0 Å². The Hall–Kier alpha value is 1.59. The van der Waals surface area contributed by atoms with Gasteiger partial charge in [0.25, 0.3) is 0 Å². The van der Waals surface area contributed by atoms with Gasteiger partial charge in [0.15, 0.2) is 0 Å². The summed E-state index contributed by atoms with van der Waals surface area (Å²) in [6, 6.07) is -0.160. The third kappa shape index (κ3) is 7.03. The predicted octanol–water partition coefficient (Wildman–Crippen LogP) is -2.14. The summed E-state index contributed by atoms with van der Waals surface area (Å²) in [4.78, 5) is 11.0. The minimum atomic E-state index is -0.160. The second-order valence-corrected chi connectivity index (χ2v) is 3.16. The van der Waals surface area contributed by atoms with Crippen LogP contribution in [0, 0.1) is 0 Å². The van der Waals surface area contributed by atoms with Gasteiger partial charge in [-0.25, -0.2) is 0 Å². The standard InChI is InChI=1S/C7H15N2OS.Rb/c1-8-6(4-5-11-3)7(10)9-2;/h6H,4-5H2,1-3H3,(H,9,10);/q-1;+1. The third-order valence-electron chi connectivity index (χ3n) is 1.46. The Kier molecular flexibility index (Phi) is 14.2. The molecule has 0 aliphatic rings. The minimum absolute atomic E-state index is 0. The van der Waals surface area contributed by atoms with E-state index >= 15 is 0 Å². The monoisotopic (exact) mass is 260 g/mol. The van der Waals surface area contributed by atoms with Crippen molar-refractivity contribution in [3.05, 3.63) is 5.32 Å². The molecule has 0 aliphatic heterocycles. The topological polar surface area (TPSA) is 43.2 Å². The largest absolute Gasteiger partial charge is 1.00 e. The average Bonchev–Trinajstić information content (AvgIpc) is 2.05. The van der Waals surface area contributed by atoms with Gasteiger partial charge in [0.1, 0.15) is 0 Å². The predicted molar refractivity (Wildman–Crippen MR) is 50.1 cm³/mol. The number of carbonyl (C=O) groups is 1. The Morgan fingerprint density at radius 3 is 2.58 bits per heavy atom. The second kappa shape index (κ2) is 10.7. The molecule has 0 bridgehead atoms. The van der Waals surface area contributed by atoms with Crippen LogP contribution in [0.5, 0.6) is 0 Å². The van der Waals surface area contributed by atoms with Gasteiger partial charge >= 0.3 is 58.2 Å². The molecule has 0 spiro atoms. The zero-order chi connectivity index (χ0) is 8.69. The molecule has 1 atom stereocenters. The van der Waals surface area contributed by atoms with Crippen molar-refractivity contribution in [2.24, 2.45) is 0 Å². The molecule has 0 aliphatic carbocycles. The summed E-state index contributed by atoms with van der Waals surface area (Å²) in [5.41, 5.74) is 0. The van der Waals surface area contributed by atoms with Gasteiger partial charge in [-0.2, -0.15) is 18.8 Å². The fourth-order valence-electron chi connectivity index (χ4n) is 0.774. The molecule has 5 heteroatoms. The Morgan fingerprint density at radius 1 is 1.67 bits per heavy atom. The minimum Gasteiger partial charge on any atom is -0.654 e. The number of nitrogens with one attached hydrogen (secondary N) is 1. The van der Waals surface area contributed by atoms with Crippen molar-refractivity contribution in [2.75, 3.05) is 26.1 Å². The quantitative estimate of drug-likeness (QED) is 0.613. The molecule has 1 amide bonds. The van der Waals surface area contributed by atoms with E-state index < -0.39 is 0 Å². The fraction of sp³-hybridized carbons (Fsp3) is 0.857. The van der Waals surface area contributed by atoms with Crippen LogP contribution in [-0.2, 0) is 4.79 Å².